The van der Waals surface area contributed by atoms with Crippen LogP contribution in [0.2, 0.25) is 0 Å². The summed E-state index contributed by atoms with van der Waals surface area (Å²) in [5.41, 5.74) is 5.13. The normalized spacial score (nSPS) is 13.2. The van der Waals surface area contributed by atoms with E-state index < -0.39 is 0 Å². The first-order valence-corrected chi connectivity index (χ1v) is 3.22. The molecule has 0 aliphatic heterocycles. The molecule has 0 aliphatic carbocycles. The summed E-state index contributed by atoms with van der Waals surface area (Å²) in [5, 5.41) is 6.88. The third kappa shape index (κ3) is 2.91. The molecule has 0 saturated heterocycles. The zero-order valence-electron chi connectivity index (χ0n) is 5.02. The van der Waals surface area contributed by atoms with Crippen LogP contribution in [0.15, 0.2) is 0 Å². The van der Waals surface area contributed by atoms with E-state index in [1.807, 2.05) is 6.92 Å². The molecule has 0 amide bonds. The van der Waals surface area contributed by atoms with Gasteiger partial charge >= 0.3 is 0 Å². The molecule has 0 bridgehead atoms. The molecule has 0 fully saturated rings. The fourth-order valence-electron chi connectivity index (χ4n) is 0.429. The van der Waals surface area contributed by atoms with Crippen LogP contribution >= 0.6 is 12.6 Å². The Hall–Kier alpha value is -0.180. The van der Waals surface area contributed by atoms with Gasteiger partial charge in [-0.15, -0.1) is 0 Å². The van der Waals surface area contributed by atoms with E-state index in [1.54, 1.807) is 0 Å². The molecule has 0 aromatic carbocycles. The summed E-state index contributed by atoms with van der Waals surface area (Å²) in [6, 6.07) is 0. The van der Waals surface area contributed by atoms with Gasteiger partial charge in [-0.2, -0.15) is 12.6 Å². The van der Waals surface area contributed by atoms with Gasteiger partial charge in [0.15, 0.2) is 0 Å². The molecule has 3 N–H and O–H groups in total. The molecule has 0 aromatic rings. The van der Waals surface area contributed by atoms with Crippen molar-refractivity contribution in [3.05, 3.63) is 0 Å². The monoisotopic (exact) mass is 132 g/mol. The number of nitrogens with two attached hydrogens (primary N) is 1. The highest BCUT2D eigenvalue weighted by Crippen LogP contribution is 2.02. The van der Waals surface area contributed by atoms with E-state index in [9.17, 15) is 0 Å². The summed E-state index contributed by atoms with van der Waals surface area (Å²) in [5.74, 6) is 0.176. The van der Waals surface area contributed by atoms with Crippen molar-refractivity contribution >= 4 is 18.5 Å². The summed E-state index contributed by atoms with van der Waals surface area (Å²) >= 11 is 4.06. The molecule has 0 radical (unpaired) electrons. The van der Waals surface area contributed by atoms with Gasteiger partial charge in [-0.05, 0) is 6.42 Å². The van der Waals surface area contributed by atoms with E-state index in [-0.39, 0.29) is 11.1 Å². The van der Waals surface area contributed by atoms with Gasteiger partial charge in [-0.1, -0.05) is 13.3 Å². The van der Waals surface area contributed by atoms with E-state index in [1.165, 1.54) is 0 Å². The molecule has 0 aliphatic rings. The van der Waals surface area contributed by atoms with Crippen LogP contribution in [-0.2, 0) is 0 Å². The Bertz CT molecular complexity index is 82.5. The van der Waals surface area contributed by atoms with Crippen LogP contribution in [0.4, 0.5) is 0 Å². The lowest BCUT2D eigenvalue weighted by Crippen LogP contribution is -2.22. The zero-order chi connectivity index (χ0) is 6.57. The molecule has 0 heterocycles. The summed E-state index contributed by atoms with van der Waals surface area (Å²) in [7, 11) is 0. The van der Waals surface area contributed by atoms with Gasteiger partial charge < -0.3 is 5.73 Å². The highest BCUT2D eigenvalue weighted by atomic mass is 32.1. The van der Waals surface area contributed by atoms with Crippen molar-refractivity contribution in [1.82, 2.24) is 0 Å². The molecule has 48 valence electrons. The maximum absolute atomic E-state index is 6.91. The minimum atomic E-state index is -0.0278. The maximum atomic E-state index is 6.91. The maximum Gasteiger partial charge on any atom is 0.104 e. The summed E-state index contributed by atoms with van der Waals surface area (Å²) in [4.78, 5) is 0. The van der Waals surface area contributed by atoms with Crippen LogP contribution in [0.3, 0.4) is 0 Å². The van der Waals surface area contributed by atoms with Crippen molar-refractivity contribution in [3.63, 3.8) is 0 Å². The Morgan fingerprint density at radius 2 is 2.38 bits per heavy atom. The first kappa shape index (κ1) is 7.82. The van der Waals surface area contributed by atoms with E-state index in [4.69, 9.17) is 11.1 Å². The third-order valence-corrected chi connectivity index (χ3v) is 1.46. The largest absolute Gasteiger partial charge is 0.387 e. The Kier molecular flexibility index (Phi) is 3.69. The SMILES string of the molecule is CCCC(S)C(=N)N. The van der Waals surface area contributed by atoms with Gasteiger partial charge in [-0.25, -0.2) is 0 Å². The minimum Gasteiger partial charge on any atom is -0.387 e. The molecule has 2 nitrogen and oxygen atoms in total. The predicted octanol–water partition coefficient (Wildman–Crippen LogP) is 1.02. The van der Waals surface area contributed by atoms with E-state index in [0.717, 1.165) is 12.8 Å². The minimum absolute atomic E-state index is 0.0278. The smallest absolute Gasteiger partial charge is 0.104 e. The van der Waals surface area contributed by atoms with Gasteiger partial charge in [0, 0.05) is 0 Å². The zero-order valence-corrected chi connectivity index (χ0v) is 5.91. The lowest BCUT2D eigenvalue weighted by atomic mass is 10.2. The van der Waals surface area contributed by atoms with Crippen molar-refractivity contribution in [2.45, 2.75) is 25.0 Å². The fraction of sp³-hybridized carbons (Fsp3) is 0.800. The second-order valence-electron chi connectivity index (χ2n) is 1.76. The fourth-order valence-corrected chi connectivity index (χ4v) is 0.687. The summed E-state index contributed by atoms with van der Waals surface area (Å²) in [6.07, 6.45) is 1.94. The van der Waals surface area contributed by atoms with Crippen LogP contribution in [-0.4, -0.2) is 11.1 Å². The molecule has 0 spiro atoms. The average molecular weight is 132 g/mol. The Balaban J connectivity index is 3.32. The lowest BCUT2D eigenvalue weighted by molar-refractivity contribution is 0.843. The summed E-state index contributed by atoms with van der Waals surface area (Å²) in [6.45, 7) is 2.05. The molecule has 3 heteroatoms. The molecule has 1 atom stereocenters. The first-order chi connectivity index (χ1) is 3.68. The van der Waals surface area contributed by atoms with Crippen LogP contribution in [0.5, 0.6) is 0 Å². The quantitative estimate of drug-likeness (QED) is 0.300. The number of nitrogens with one attached hydrogen (secondary N) is 1. The number of hydrogen-bond donors (Lipinski definition) is 3. The van der Waals surface area contributed by atoms with E-state index in [0.29, 0.717) is 0 Å². The number of hydrogen-bond acceptors (Lipinski definition) is 2. The van der Waals surface area contributed by atoms with Crippen molar-refractivity contribution in [1.29, 1.82) is 5.41 Å². The van der Waals surface area contributed by atoms with Crippen molar-refractivity contribution < 1.29 is 0 Å². The second kappa shape index (κ2) is 3.78. The van der Waals surface area contributed by atoms with Gasteiger partial charge in [0.25, 0.3) is 0 Å². The molecule has 0 saturated carbocycles. The van der Waals surface area contributed by atoms with Gasteiger partial charge in [-0.3, -0.25) is 5.41 Å². The van der Waals surface area contributed by atoms with Gasteiger partial charge in [0.05, 0.1) is 5.25 Å². The number of amidine groups is 1. The number of thiol groups is 1. The predicted molar refractivity (Wildman–Crippen MR) is 39.6 cm³/mol. The average Bonchev–Trinajstić information content (AvgIpc) is 1.67. The Morgan fingerprint density at radius 3 is 2.50 bits per heavy atom. The first-order valence-electron chi connectivity index (χ1n) is 2.70. The van der Waals surface area contributed by atoms with Crippen LogP contribution < -0.4 is 5.73 Å². The number of rotatable bonds is 3. The van der Waals surface area contributed by atoms with E-state index >= 15 is 0 Å². The standard InChI is InChI=1S/C5H12N2S/c1-2-3-4(8)5(6)7/h4,8H,2-3H2,1H3,(H3,6,7). The lowest BCUT2D eigenvalue weighted by Gasteiger charge is -2.03. The Morgan fingerprint density at radius 1 is 1.88 bits per heavy atom. The highest BCUT2D eigenvalue weighted by Gasteiger charge is 2.01. The Labute approximate surface area is 55.4 Å². The summed E-state index contributed by atoms with van der Waals surface area (Å²) < 4.78 is 0. The van der Waals surface area contributed by atoms with Crippen LogP contribution in [0, 0.1) is 5.41 Å². The van der Waals surface area contributed by atoms with E-state index in [2.05, 4.69) is 12.6 Å². The molecule has 0 rings (SSSR count). The topological polar surface area (TPSA) is 49.9 Å². The van der Waals surface area contributed by atoms with Crippen LogP contribution in [0.25, 0.3) is 0 Å². The highest BCUT2D eigenvalue weighted by molar-refractivity contribution is 7.81. The van der Waals surface area contributed by atoms with Crippen LogP contribution in [0.1, 0.15) is 19.8 Å². The van der Waals surface area contributed by atoms with Crippen molar-refractivity contribution in [2.75, 3.05) is 0 Å². The molecule has 1 unspecified atom stereocenters. The molecular weight excluding hydrogens is 120 g/mol. The molecule has 0 aromatic heterocycles. The van der Waals surface area contributed by atoms with Crippen molar-refractivity contribution in [3.8, 4) is 0 Å². The van der Waals surface area contributed by atoms with Gasteiger partial charge in [0.1, 0.15) is 5.84 Å². The second-order valence-corrected chi connectivity index (χ2v) is 2.38. The molecular formula is C5H12N2S. The van der Waals surface area contributed by atoms with Gasteiger partial charge in [0.2, 0.25) is 0 Å². The molecule has 8 heavy (non-hydrogen) atoms. The third-order valence-electron chi connectivity index (χ3n) is 0.921. The van der Waals surface area contributed by atoms with Crippen molar-refractivity contribution in [2.24, 2.45) is 5.73 Å².